The minimum atomic E-state index is -0.338. The molecule has 5 rings (SSSR count). The second kappa shape index (κ2) is 10.4. The third kappa shape index (κ3) is 4.82. The van der Waals surface area contributed by atoms with Gasteiger partial charge < -0.3 is 4.90 Å². The molecule has 0 N–H and O–H groups in total. The number of nitrogens with zero attached hydrogens (tertiary/aromatic N) is 1. The van der Waals surface area contributed by atoms with Gasteiger partial charge in [-0.25, -0.2) is 4.39 Å². The van der Waals surface area contributed by atoms with E-state index in [0.717, 1.165) is 62.0 Å². The van der Waals surface area contributed by atoms with Gasteiger partial charge >= 0.3 is 0 Å². The van der Waals surface area contributed by atoms with Crippen molar-refractivity contribution in [1.29, 1.82) is 0 Å². The Morgan fingerprint density at radius 1 is 0.882 bits per heavy atom. The average Bonchev–Trinajstić information content (AvgIpc) is 3.02. The summed E-state index contributed by atoms with van der Waals surface area (Å²) in [4.78, 5) is 2.33. The highest BCUT2D eigenvalue weighted by Crippen LogP contribution is 2.41. The molecule has 3 aromatic rings. The molecule has 0 radical (unpaired) electrons. The molecule has 1 saturated heterocycles. The Morgan fingerprint density at radius 2 is 1.65 bits per heavy atom. The van der Waals surface area contributed by atoms with Crippen molar-refractivity contribution in [2.45, 2.75) is 32.1 Å². The lowest BCUT2D eigenvalue weighted by atomic mass is 9.86. The maximum absolute atomic E-state index is 15.2. The van der Waals surface area contributed by atoms with Crippen LogP contribution in [-0.2, 0) is 12.8 Å². The van der Waals surface area contributed by atoms with Gasteiger partial charge in [0, 0.05) is 25.2 Å². The summed E-state index contributed by atoms with van der Waals surface area (Å²) in [7, 11) is 0. The lowest BCUT2D eigenvalue weighted by molar-refractivity contribution is 0.0968. The van der Waals surface area contributed by atoms with Gasteiger partial charge in [0.2, 0.25) is 0 Å². The van der Waals surface area contributed by atoms with Gasteiger partial charge in [-0.05, 0) is 77.5 Å². The molecule has 0 bridgehead atoms. The van der Waals surface area contributed by atoms with E-state index >= 15 is 4.39 Å². The highest BCUT2D eigenvalue weighted by atomic mass is 35.5. The van der Waals surface area contributed by atoms with Crippen LogP contribution in [-0.4, -0.2) is 31.2 Å². The molecule has 0 saturated carbocycles. The number of hydrogen-bond acceptors (Lipinski definition) is 1. The van der Waals surface area contributed by atoms with Crippen molar-refractivity contribution in [1.82, 2.24) is 4.90 Å². The molecule has 0 unspecified atom stereocenters. The lowest BCUT2D eigenvalue weighted by Gasteiger charge is -2.39. The van der Waals surface area contributed by atoms with E-state index in [-0.39, 0.29) is 17.5 Å². The Morgan fingerprint density at radius 3 is 2.44 bits per heavy atom. The van der Waals surface area contributed by atoms with Crippen LogP contribution in [0, 0.1) is 11.7 Å². The number of rotatable bonds is 7. The summed E-state index contributed by atoms with van der Waals surface area (Å²) in [5.41, 5.74) is 7.67. The van der Waals surface area contributed by atoms with E-state index in [1.165, 1.54) is 16.7 Å². The summed E-state index contributed by atoms with van der Waals surface area (Å²) >= 11 is 6.17. The van der Waals surface area contributed by atoms with Crippen LogP contribution < -0.4 is 0 Å². The van der Waals surface area contributed by atoms with E-state index in [2.05, 4.69) is 53.4 Å². The summed E-state index contributed by atoms with van der Waals surface area (Å²) in [6, 6.07) is 22.6. The molecular weight excluding hydrogens is 448 g/mol. The van der Waals surface area contributed by atoms with Crippen molar-refractivity contribution in [3.63, 3.8) is 0 Å². The first-order valence-corrected chi connectivity index (χ1v) is 12.7. The molecule has 1 fully saturated rings. The molecule has 0 spiro atoms. The van der Waals surface area contributed by atoms with Crippen LogP contribution in [0.4, 0.5) is 8.78 Å². The Hall–Kier alpha value is -2.49. The first-order chi connectivity index (χ1) is 16.6. The minimum absolute atomic E-state index is 0.165. The fraction of sp³-hybridized carbons (Fsp3) is 0.333. The Balaban J connectivity index is 1.47. The van der Waals surface area contributed by atoms with Crippen LogP contribution in [0.1, 0.15) is 47.1 Å². The molecule has 2 aliphatic rings. The first kappa shape index (κ1) is 23.3. The van der Waals surface area contributed by atoms with E-state index in [1.54, 1.807) is 6.07 Å². The predicted octanol–water partition coefficient (Wildman–Crippen LogP) is 7.61. The quantitative estimate of drug-likeness (QED) is 0.338. The van der Waals surface area contributed by atoms with Gasteiger partial charge in [-0.3, -0.25) is 4.39 Å². The topological polar surface area (TPSA) is 3.24 Å². The zero-order valence-corrected chi connectivity index (χ0v) is 20.1. The standard InChI is InChI=1S/C30H30ClF2N/c31-28-11-4-10-27(30(28)33)26-9-3-7-23-6-1-2-8-25(23)29(26)24-14-12-21(13-15-24)18-22-19-34(20-22)17-5-16-32/h1-2,4,6,8,10-15,22H,3,5,7,9,16-20H2. The highest BCUT2D eigenvalue weighted by molar-refractivity contribution is 6.31. The van der Waals surface area contributed by atoms with Crippen molar-refractivity contribution in [2.75, 3.05) is 26.3 Å². The minimum Gasteiger partial charge on any atom is -0.303 e. The summed E-state index contributed by atoms with van der Waals surface area (Å²) in [5.74, 6) is 0.300. The van der Waals surface area contributed by atoms with E-state index < -0.39 is 0 Å². The van der Waals surface area contributed by atoms with Gasteiger partial charge in [-0.1, -0.05) is 72.3 Å². The monoisotopic (exact) mass is 477 g/mol. The smallest absolute Gasteiger partial charge is 0.149 e. The van der Waals surface area contributed by atoms with Gasteiger partial charge in [0.25, 0.3) is 0 Å². The average molecular weight is 478 g/mol. The number of aryl methyl sites for hydroxylation is 1. The Labute approximate surface area is 206 Å². The number of fused-ring (bicyclic) bond motifs is 1. The van der Waals surface area contributed by atoms with Gasteiger partial charge in [-0.2, -0.15) is 0 Å². The summed E-state index contributed by atoms with van der Waals surface area (Å²) in [6.45, 7) is 2.74. The van der Waals surface area contributed by atoms with Crippen LogP contribution in [0.3, 0.4) is 0 Å². The molecule has 1 aliphatic carbocycles. The van der Waals surface area contributed by atoms with Gasteiger partial charge in [0.05, 0.1) is 11.7 Å². The van der Waals surface area contributed by atoms with Gasteiger partial charge in [0.1, 0.15) is 5.82 Å². The first-order valence-electron chi connectivity index (χ1n) is 12.3. The molecule has 1 aliphatic heterocycles. The normalized spacial score (nSPS) is 16.8. The fourth-order valence-corrected chi connectivity index (χ4v) is 5.65. The van der Waals surface area contributed by atoms with E-state index in [1.807, 2.05) is 12.1 Å². The molecule has 0 aromatic heterocycles. The van der Waals surface area contributed by atoms with Crippen LogP contribution in [0.2, 0.25) is 5.02 Å². The van der Waals surface area contributed by atoms with Crippen molar-refractivity contribution < 1.29 is 8.78 Å². The number of likely N-dealkylation sites (tertiary alicyclic amines) is 1. The molecule has 4 heteroatoms. The largest absolute Gasteiger partial charge is 0.303 e. The third-order valence-electron chi connectivity index (χ3n) is 7.15. The molecule has 1 nitrogen and oxygen atoms in total. The van der Waals surface area contributed by atoms with Crippen molar-refractivity contribution >= 4 is 22.7 Å². The maximum Gasteiger partial charge on any atom is 0.149 e. The van der Waals surface area contributed by atoms with Crippen LogP contribution in [0.25, 0.3) is 11.1 Å². The number of halogens is 3. The van der Waals surface area contributed by atoms with Crippen LogP contribution in [0.5, 0.6) is 0 Å². The zero-order chi connectivity index (χ0) is 23.5. The van der Waals surface area contributed by atoms with Crippen molar-refractivity contribution in [3.05, 3.63) is 105 Å². The Bertz CT molecular complexity index is 1180. The molecule has 0 atom stereocenters. The predicted molar refractivity (Wildman–Crippen MR) is 137 cm³/mol. The van der Waals surface area contributed by atoms with E-state index in [9.17, 15) is 4.39 Å². The molecular formula is C30H30ClF2N. The van der Waals surface area contributed by atoms with E-state index in [0.29, 0.717) is 17.9 Å². The second-order valence-corrected chi connectivity index (χ2v) is 9.94. The number of hydrogen-bond donors (Lipinski definition) is 0. The molecule has 34 heavy (non-hydrogen) atoms. The summed E-state index contributed by atoms with van der Waals surface area (Å²) in [5, 5.41) is 0.165. The fourth-order valence-electron chi connectivity index (χ4n) is 5.47. The van der Waals surface area contributed by atoms with E-state index in [4.69, 9.17) is 11.6 Å². The molecule has 3 aromatic carbocycles. The van der Waals surface area contributed by atoms with Gasteiger partial charge in [0.15, 0.2) is 0 Å². The summed E-state index contributed by atoms with van der Waals surface area (Å²) < 4.78 is 27.5. The number of alkyl halides is 1. The third-order valence-corrected chi connectivity index (χ3v) is 7.44. The number of benzene rings is 3. The highest BCUT2D eigenvalue weighted by Gasteiger charge is 2.26. The molecule has 0 amide bonds. The molecule has 1 heterocycles. The lowest BCUT2D eigenvalue weighted by Crippen LogP contribution is -2.47. The number of allylic oxidation sites excluding steroid dienone is 1. The zero-order valence-electron chi connectivity index (χ0n) is 19.4. The van der Waals surface area contributed by atoms with Crippen molar-refractivity contribution in [3.8, 4) is 0 Å². The van der Waals surface area contributed by atoms with Crippen LogP contribution in [0.15, 0.2) is 66.7 Å². The van der Waals surface area contributed by atoms with Crippen LogP contribution >= 0.6 is 11.6 Å². The maximum atomic E-state index is 15.2. The van der Waals surface area contributed by atoms with Gasteiger partial charge in [-0.15, -0.1) is 0 Å². The molecule has 176 valence electrons. The van der Waals surface area contributed by atoms with Crippen molar-refractivity contribution in [2.24, 2.45) is 5.92 Å². The Kier molecular flexibility index (Phi) is 7.12. The summed E-state index contributed by atoms with van der Waals surface area (Å²) in [6.07, 6.45) is 4.43. The SMILES string of the molecule is FCCCN1CC(Cc2ccc(C3=C(c4cccc(Cl)c4F)CCCc4ccccc43)cc2)C1. The second-order valence-electron chi connectivity index (χ2n) is 9.53.